The molecule has 2 heterocycles. The third-order valence-electron chi connectivity index (χ3n) is 8.98. The molecule has 8 nitrogen and oxygen atoms in total. The van der Waals surface area contributed by atoms with Crippen molar-refractivity contribution in [2.75, 3.05) is 9.80 Å². The molecule has 4 aliphatic rings. The zero-order valence-electron chi connectivity index (χ0n) is 25.5. The van der Waals surface area contributed by atoms with Crippen molar-refractivity contribution >= 4 is 51.3 Å². The maximum Gasteiger partial charge on any atom is 0.265 e. The van der Waals surface area contributed by atoms with Crippen molar-refractivity contribution in [2.24, 2.45) is 0 Å². The molecule has 4 amide bonds. The van der Waals surface area contributed by atoms with Gasteiger partial charge in [0.05, 0.1) is 23.9 Å². The molecule has 0 atom stereocenters. The van der Waals surface area contributed by atoms with E-state index in [1.54, 1.807) is 30.3 Å². The highest BCUT2D eigenvalue weighted by Crippen LogP contribution is 2.43. The normalized spacial score (nSPS) is 16.3. The van der Waals surface area contributed by atoms with Gasteiger partial charge in [-0.2, -0.15) is 0 Å². The van der Waals surface area contributed by atoms with Crippen molar-refractivity contribution in [3.8, 4) is 11.5 Å². The molecule has 2 aliphatic carbocycles. The summed E-state index contributed by atoms with van der Waals surface area (Å²) >= 11 is 0. The van der Waals surface area contributed by atoms with Crippen LogP contribution in [0.3, 0.4) is 0 Å². The third-order valence-corrected chi connectivity index (χ3v) is 8.98. The second kappa shape index (κ2) is 11.1. The van der Waals surface area contributed by atoms with Gasteiger partial charge in [-0.05, 0) is 54.5 Å². The molecule has 232 valence electrons. The molecule has 0 N–H and O–H groups in total. The molecule has 0 bridgehead atoms. The molecule has 48 heavy (non-hydrogen) atoms. The lowest BCUT2D eigenvalue weighted by atomic mass is 9.85. The molecule has 0 spiro atoms. The summed E-state index contributed by atoms with van der Waals surface area (Å²) in [5.41, 5.74) is 4.08. The van der Waals surface area contributed by atoms with Gasteiger partial charge >= 0.3 is 0 Å². The minimum absolute atomic E-state index is 0.0193. The average molecular weight is 631 g/mol. The molecule has 8 rings (SSSR count). The molecule has 0 aromatic heterocycles. The number of anilines is 2. The number of hydrogen-bond donors (Lipinski definition) is 0. The molecular weight excluding hydrogens is 604 g/mol. The molecule has 0 saturated heterocycles. The standard InChI is InChI=1S/C40H26N2O6/c1-3-47-33-21-25(13-15-27(33)23-9-5-6-10-23)41-37(43)29-17-19-31-36-32(20-18-30(35(29)36)38(41)44)40(46)42(39(31)45)26-14-16-28(24-11-7-8-12-24)34(22-26)48-4-2/h3-7,9-23H,1-2,8H2. The molecule has 4 aromatic carbocycles. The highest BCUT2D eigenvalue weighted by molar-refractivity contribution is 6.42. The lowest BCUT2D eigenvalue weighted by molar-refractivity contribution is 0.0873. The van der Waals surface area contributed by atoms with E-state index in [1.807, 2.05) is 42.5 Å². The number of allylic oxidation sites excluding steroid dienone is 8. The predicted molar refractivity (Wildman–Crippen MR) is 184 cm³/mol. The zero-order valence-corrected chi connectivity index (χ0v) is 25.5. The van der Waals surface area contributed by atoms with Crippen molar-refractivity contribution in [3.05, 3.63) is 162 Å². The number of rotatable bonds is 8. The Hall–Kier alpha value is -6.54. The van der Waals surface area contributed by atoms with Crippen LogP contribution in [0.25, 0.3) is 16.3 Å². The SMILES string of the molecule is C=COc1cc(N2C(=O)c3ccc4c5c(ccc(c35)C2=O)C(=O)N(c2ccc(C3C=CC=C3)c(OC=C)c2)C4=O)ccc1C1=CCC=C1. The summed E-state index contributed by atoms with van der Waals surface area (Å²) in [5, 5.41) is 0.563. The van der Waals surface area contributed by atoms with Gasteiger partial charge in [-0.25, -0.2) is 9.80 Å². The van der Waals surface area contributed by atoms with E-state index < -0.39 is 23.6 Å². The van der Waals surface area contributed by atoms with E-state index in [4.69, 9.17) is 9.47 Å². The summed E-state index contributed by atoms with van der Waals surface area (Å²) in [6, 6.07) is 16.4. The van der Waals surface area contributed by atoms with Crippen molar-refractivity contribution < 1.29 is 28.7 Å². The van der Waals surface area contributed by atoms with Crippen molar-refractivity contribution in [1.29, 1.82) is 0 Å². The maximum atomic E-state index is 14.1. The second-order valence-corrected chi connectivity index (χ2v) is 11.5. The van der Waals surface area contributed by atoms with Crippen molar-refractivity contribution in [2.45, 2.75) is 12.3 Å². The van der Waals surface area contributed by atoms with Gasteiger partial charge in [0.2, 0.25) is 0 Å². The first-order valence-electron chi connectivity index (χ1n) is 15.3. The number of imide groups is 2. The molecule has 0 unspecified atom stereocenters. The lowest BCUT2D eigenvalue weighted by Gasteiger charge is -2.32. The van der Waals surface area contributed by atoms with Crippen LogP contribution in [0.4, 0.5) is 11.4 Å². The Bertz CT molecular complexity index is 2220. The van der Waals surface area contributed by atoms with Gasteiger partial charge in [0.1, 0.15) is 11.5 Å². The van der Waals surface area contributed by atoms with Gasteiger partial charge in [-0.3, -0.25) is 19.2 Å². The molecule has 4 aromatic rings. The number of carbonyl (C=O) groups is 4. The van der Waals surface area contributed by atoms with E-state index in [-0.39, 0.29) is 38.9 Å². The van der Waals surface area contributed by atoms with E-state index in [0.717, 1.165) is 32.9 Å². The monoisotopic (exact) mass is 630 g/mol. The number of ether oxygens (including phenoxy) is 2. The fraction of sp³-hybridized carbons (Fsp3) is 0.0500. The first-order chi connectivity index (χ1) is 23.4. The largest absolute Gasteiger partial charge is 0.465 e. The Morgan fingerprint density at radius 3 is 1.60 bits per heavy atom. The van der Waals surface area contributed by atoms with Gasteiger partial charge < -0.3 is 9.47 Å². The number of amides is 4. The fourth-order valence-corrected chi connectivity index (χ4v) is 6.85. The molecule has 2 aliphatic heterocycles. The Kier molecular flexibility index (Phi) is 6.66. The minimum Gasteiger partial charge on any atom is -0.465 e. The smallest absolute Gasteiger partial charge is 0.265 e. The van der Waals surface area contributed by atoms with Gasteiger partial charge in [0.15, 0.2) is 0 Å². The highest BCUT2D eigenvalue weighted by atomic mass is 16.5. The fourth-order valence-electron chi connectivity index (χ4n) is 6.85. The van der Waals surface area contributed by atoms with E-state index in [9.17, 15) is 19.2 Å². The number of carbonyl (C=O) groups excluding carboxylic acids is 4. The van der Waals surface area contributed by atoms with Crippen LogP contribution in [0, 0.1) is 0 Å². The van der Waals surface area contributed by atoms with Crippen LogP contribution in [0.2, 0.25) is 0 Å². The molecule has 0 radical (unpaired) electrons. The summed E-state index contributed by atoms with van der Waals surface area (Å²) in [7, 11) is 0. The van der Waals surface area contributed by atoms with Crippen LogP contribution in [-0.4, -0.2) is 23.6 Å². The second-order valence-electron chi connectivity index (χ2n) is 11.5. The zero-order chi connectivity index (χ0) is 33.1. The average Bonchev–Trinajstić information content (AvgIpc) is 3.83. The summed E-state index contributed by atoms with van der Waals surface area (Å²) in [6.45, 7) is 7.34. The first kappa shape index (κ1) is 28.9. The van der Waals surface area contributed by atoms with E-state index >= 15 is 0 Å². The first-order valence-corrected chi connectivity index (χ1v) is 15.3. The highest BCUT2D eigenvalue weighted by Gasteiger charge is 2.41. The number of benzene rings is 4. The van der Waals surface area contributed by atoms with E-state index in [0.29, 0.717) is 22.9 Å². The molecular formula is C40H26N2O6. The molecule has 8 heteroatoms. The lowest BCUT2D eigenvalue weighted by Crippen LogP contribution is -2.43. The van der Waals surface area contributed by atoms with Crippen LogP contribution in [0.15, 0.2) is 129 Å². The molecule has 0 saturated carbocycles. The summed E-state index contributed by atoms with van der Waals surface area (Å²) in [6.07, 6.45) is 17.4. The van der Waals surface area contributed by atoms with Crippen LogP contribution < -0.4 is 19.3 Å². The van der Waals surface area contributed by atoms with Crippen LogP contribution in [0.1, 0.15) is 64.9 Å². The minimum atomic E-state index is -0.576. The van der Waals surface area contributed by atoms with Gasteiger partial charge in [0, 0.05) is 62.2 Å². The van der Waals surface area contributed by atoms with E-state index in [1.165, 1.54) is 36.8 Å². The van der Waals surface area contributed by atoms with E-state index in [2.05, 4.69) is 19.2 Å². The molecule has 0 fully saturated rings. The Labute approximate surface area is 275 Å². The summed E-state index contributed by atoms with van der Waals surface area (Å²) < 4.78 is 11.4. The van der Waals surface area contributed by atoms with Crippen LogP contribution in [-0.2, 0) is 0 Å². The Morgan fingerprint density at radius 2 is 1.10 bits per heavy atom. The maximum absolute atomic E-state index is 14.1. The van der Waals surface area contributed by atoms with Crippen LogP contribution in [0.5, 0.6) is 11.5 Å². The summed E-state index contributed by atoms with van der Waals surface area (Å²) in [4.78, 5) is 58.4. The summed E-state index contributed by atoms with van der Waals surface area (Å²) in [5.74, 6) is -1.42. The van der Waals surface area contributed by atoms with Gasteiger partial charge in [-0.15, -0.1) is 0 Å². The number of hydrogen-bond acceptors (Lipinski definition) is 6. The topological polar surface area (TPSA) is 93.2 Å². The Balaban J connectivity index is 1.20. The number of nitrogens with zero attached hydrogens (tertiary/aromatic N) is 2. The quantitative estimate of drug-likeness (QED) is 0.145. The van der Waals surface area contributed by atoms with Crippen LogP contribution >= 0.6 is 0 Å². The Morgan fingerprint density at radius 1 is 0.625 bits per heavy atom. The van der Waals surface area contributed by atoms with Crippen molar-refractivity contribution in [3.63, 3.8) is 0 Å². The van der Waals surface area contributed by atoms with Crippen molar-refractivity contribution in [1.82, 2.24) is 0 Å². The predicted octanol–water partition coefficient (Wildman–Crippen LogP) is 8.04. The van der Waals surface area contributed by atoms with Gasteiger partial charge in [-0.1, -0.05) is 61.8 Å². The third kappa shape index (κ3) is 4.23. The van der Waals surface area contributed by atoms with Gasteiger partial charge in [0.25, 0.3) is 23.6 Å².